The van der Waals surface area contributed by atoms with Gasteiger partial charge in [0.25, 0.3) is 11.8 Å². The molecule has 1 saturated heterocycles. The zero-order chi connectivity index (χ0) is 17.1. The Kier molecular flexibility index (Phi) is 4.78. The number of benzene rings is 2. The molecule has 1 aliphatic rings. The summed E-state index contributed by atoms with van der Waals surface area (Å²) in [5.74, 6) is -0.0649. The van der Waals surface area contributed by atoms with Gasteiger partial charge in [-0.3, -0.25) is 9.59 Å². The largest absolute Gasteiger partial charge is 0.497 e. The zero-order valence-corrected chi connectivity index (χ0v) is 14.4. The van der Waals surface area contributed by atoms with Gasteiger partial charge in [0.15, 0.2) is 4.32 Å². The highest BCUT2D eigenvalue weighted by molar-refractivity contribution is 8.26. The first-order chi connectivity index (χ1) is 11.6. The van der Waals surface area contributed by atoms with Crippen LogP contribution in [0.3, 0.4) is 0 Å². The van der Waals surface area contributed by atoms with E-state index in [9.17, 15) is 9.59 Å². The second-order valence-electron chi connectivity index (χ2n) is 4.96. The van der Waals surface area contributed by atoms with E-state index in [4.69, 9.17) is 17.0 Å². The summed E-state index contributed by atoms with van der Waals surface area (Å²) in [5.41, 5.74) is 1.27. The number of thiocarbonyl (C=S) groups is 1. The van der Waals surface area contributed by atoms with Crippen LogP contribution in [0.4, 0.5) is 0 Å². The highest BCUT2D eigenvalue weighted by Gasteiger charge is 2.37. The molecule has 120 valence electrons. The van der Waals surface area contributed by atoms with Crippen molar-refractivity contribution in [2.24, 2.45) is 0 Å². The molecule has 0 atom stereocenters. The Balaban J connectivity index is 1.85. The number of rotatable bonds is 3. The van der Waals surface area contributed by atoms with Gasteiger partial charge in [0.05, 0.1) is 12.0 Å². The Morgan fingerprint density at radius 1 is 1.12 bits per heavy atom. The average molecular weight is 355 g/mol. The molecule has 0 bridgehead atoms. The molecule has 0 saturated carbocycles. The molecule has 1 fully saturated rings. The molecule has 0 N–H and O–H groups in total. The summed E-state index contributed by atoms with van der Waals surface area (Å²) >= 11 is 6.34. The second-order valence-corrected chi connectivity index (χ2v) is 6.64. The number of methoxy groups -OCH3 is 1. The second kappa shape index (κ2) is 6.98. The molecule has 0 aliphatic carbocycles. The number of imide groups is 1. The van der Waals surface area contributed by atoms with Crippen molar-refractivity contribution in [3.8, 4) is 5.75 Å². The lowest BCUT2D eigenvalue weighted by Gasteiger charge is -2.12. The monoisotopic (exact) mass is 355 g/mol. The smallest absolute Gasteiger partial charge is 0.273 e. The Morgan fingerprint density at radius 2 is 1.79 bits per heavy atom. The van der Waals surface area contributed by atoms with Crippen LogP contribution in [-0.2, 0) is 4.79 Å². The van der Waals surface area contributed by atoms with Crippen LogP contribution in [0.25, 0.3) is 6.08 Å². The molecule has 1 aliphatic heterocycles. The van der Waals surface area contributed by atoms with E-state index in [1.807, 2.05) is 30.3 Å². The van der Waals surface area contributed by atoms with E-state index < -0.39 is 11.8 Å². The van der Waals surface area contributed by atoms with Crippen LogP contribution in [0.5, 0.6) is 5.75 Å². The topological polar surface area (TPSA) is 46.6 Å². The molecule has 6 heteroatoms. The quantitative estimate of drug-likeness (QED) is 0.477. The minimum atomic E-state index is -0.406. The van der Waals surface area contributed by atoms with Crippen LogP contribution in [0.2, 0.25) is 0 Å². The fraction of sp³-hybridized carbons (Fsp3) is 0.0556. The molecule has 3 rings (SSSR count). The number of carbonyl (C=O) groups excluding carboxylic acids is 2. The molecule has 2 aromatic carbocycles. The van der Waals surface area contributed by atoms with Crippen molar-refractivity contribution < 1.29 is 14.3 Å². The fourth-order valence-corrected chi connectivity index (χ4v) is 3.46. The van der Waals surface area contributed by atoms with E-state index >= 15 is 0 Å². The maximum absolute atomic E-state index is 12.6. The standard InChI is InChI=1S/C18H13NO3S2/c1-22-14-9-7-12(8-10-14)11-15-17(21)19(18(23)24-15)16(20)13-5-3-2-4-6-13/h2-11H,1H3. The van der Waals surface area contributed by atoms with E-state index in [2.05, 4.69) is 0 Å². The van der Waals surface area contributed by atoms with Gasteiger partial charge < -0.3 is 4.74 Å². The van der Waals surface area contributed by atoms with Gasteiger partial charge in [-0.1, -0.05) is 54.3 Å². The number of amides is 2. The Morgan fingerprint density at radius 3 is 2.42 bits per heavy atom. The number of thioether (sulfide) groups is 1. The third kappa shape index (κ3) is 3.25. The number of ether oxygens (including phenoxy) is 1. The fourth-order valence-electron chi connectivity index (χ4n) is 2.20. The molecule has 0 aromatic heterocycles. The number of nitrogens with zero attached hydrogens (tertiary/aromatic N) is 1. The average Bonchev–Trinajstić information content (AvgIpc) is 2.89. The van der Waals surface area contributed by atoms with Gasteiger partial charge in [0, 0.05) is 5.56 Å². The van der Waals surface area contributed by atoms with Crippen LogP contribution < -0.4 is 4.74 Å². The molecule has 0 spiro atoms. The molecule has 2 aromatic rings. The van der Waals surface area contributed by atoms with Gasteiger partial charge in [-0.05, 0) is 35.9 Å². The predicted octanol–water partition coefficient (Wildman–Crippen LogP) is 3.74. The molecular formula is C18H13NO3S2. The summed E-state index contributed by atoms with van der Waals surface area (Å²) in [6.45, 7) is 0. The molecule has 24 heavy (non-hydrogen) atoms. The molecular weight excluding hydrogens is 342 g/mol. The molecule has 0 radical (unpaired) electrons. The van der Waals surface area contributed by atoms with Crippen molar-refractivity contribution in [2.75, 3.05) is 7.11 Å². The van der Waals surface area contributed by atoms with E-state index in [-0.39, 0.29) is 4.32 Å². The van der Waals surface area contributed by atoms with E-state index in [1.54, 1.807) is 37.5 Å². The lowest BCUT2D eigenvalue weighted by atomic mass is 10.2. The molecule has 0 unspecified atom stereocenters. The van der Waals surface area contributed by atoms with Crippen molar-refractivity contribution in [3.05, 3.63) is 70.6 Å². The number of hydrogen-bond acceptors (Lipinski definition) is 5. The molecule has 4 nitrogen and oxygen atoms in total. The first-order valence-corrected chi connectivity index (χ1v) is 8.34. The van der Waals surface area contributed by atoms with Gasteiger partial charge >= 0.3 is 0 Å². The van der Waals surface area contributed by atoms with Crippen LogP contribution in [0, 0.1) is 0 Å². The van der Waals surface area contributed by atoms with Crippen LogP contribution in [0.15, 0.2) is 59.5 Å². The van der Waals surface area contributed by atoms with Crippen molar-refractivity contribution in [1.29, 1.82) is 0 Å². The lowest BCUT2D eigenvalue weighted by molar-refractivity contribution is -0.120. The molecule has 1 heterocycles. The van der Waals surface area contributed by atoms with Gasteiger partial charge in [-0.25, -0.2) is 4.90 Å². The van der Waals surface area contributed by atoms with Crippen molar-refractivity contribution in [1.82, 2.24) is 4.90 Å². The maximum atomic E-state index is 12.6. The van der Waals surface area contributed by atoms with Crippen LogP contribution in [0.1, 0.15) is 15.9 Å². The van der Waals surface area contributed by atoms with Gasteiger partial charge in [-0.2, -0.15) is 0 Å². The van der Waals surface area contributed by atoms with Crippen molar-refractivity contribution in [3.63, 3.8) is 0 Å². The minimum Gasteiger partial charge on any atom is -0.497 e. The highest BCUT2D eigenvalue weighted by Crippen LogP contribution is 2.33. The number of carbonyl (C=O) groups is 2. The lowest BCUT2D eigenvalue weighted by Crippen LogP contribution is -2.34. The summed E-state index contributed by atoms with van der Waals surface area (Å²) in [6, 6.07) is 15.9. The Labute approximate surface area is 149 Å². The van der Waals surface area contributed by atoms with E-state index in [0.29, 0.717) is 10.5 Å². The Hall–Kier alpha value is -2.44. The summed E-state index contributed by atoms with van der Waals surface area (Å²) in [7, 11) is 1.59. The summed E-state index contributed by atoms with van der Waals surface area (Å²) < 4.78 is 5.35. The summed E-state index contributed by atoms with van der Waals surface area (Å²) in [6.07, 6.45) is 1.72. The summed E-state index contributed by atoms with van der Waals surface area (Å²) in [5, 5.41) is 0. The minimum absolute atomic E-state index is 0.244. The van der Waals surface area contributed by atoms with Gasteiger partial charge in [-0.15, -0.1) is 0 Å². The SMILES string of the molecule is COc1ccc(C=C2SC(=S)N(C(=O)c3ccccc3)C2=O)cc1. The first kappa shape index (κ1) is 16.4. The molecule has 2 amide bonds. The van der Waals surface area contributed by atoms with Crippen LogP contribution >= 0.6 is 24.0 Å². The van der Waals surface area contributed by atoms with E-state index in [0.717, 1.165) is 28.0 Å². The number of hydrogen-bond donors (Lipinski definition) is 0. The predicted molar refractivity (Wildman–Crippen MR) is 98.8 cm³/mol. The summed E-state index contributed by atoms with van der Waals surface area (Å²) in [4.78, 5) is 26.5. The van der Waals surface area contributed by atoms with Crippen molar-refractivity contribution >= 4 is 46.2 Å². The highest BCUT2D eigenvalue weighted by atomic mass is 32.2. The van der Waals surface area contributed by atoms with E-state index in [1.165, 1.54) is 0 Å². The van der Waals surface area contributed by atoms with Gasteiger partial charge in [0.2, 0.25) is 0 Å². The Bertz CT molecular complexity index is 829. The maximum Gasteiger partial charge on any atom is 0.273 e. The third-order valence-corrected chi connectivity index (χ3v) is 4.73. The third-order valence-electron chi connectivity index (χ3n) is 3.43. The van der Waals surface area contributed by atoms with Crippen LogP contribution in [-0.4, -0.2) is 28.1 Å². The van der Waals surface area contributed by atoms with Gasteiger partial charge in [0.1, 0.15) is 5.75 Å². The first-order valence-electron chi connectivity index (χ1n) is 7.11. The normalized spacial score (nSPS) is 15.9. The van der Waals surface area contributed by atoms with Crippen molar-refractivity contribution in [2.45, 2.75) is 0 Å². The zero-order valence-electron chi connectivity index (χ0n) is 12.8.